The number of β-amino-alcohol motifs (C(OH)–C–C–N with tert-alkyl or cyclic N) is 1. The molecule has 0 spiro atoms. The SMILES string of the molecule is CC[C@@H](C)[C@@H](NS(=O)(=O)Cc1ccc(Cl)cc1)C(=O)N1C[C@@](C)(O)C[C@H]1C(=O)NCc1ccc2c(N)nccc2c1. The molecule has 12 heteroatoms. The predicted octanol–water partition coefficient (Wildman–Crippen LogP) is 2.97. The summed E-state index contributed by atoms with van der Waals surface area (Å²) in [6.07, 6.45) is 2.15. The number of aromatic nitrogens is 1. The molecule has 2 heterocycles. The predicted molar refractivity (Wildman–Crippen MR) is 159 cm³/mol. The summed E-state index contributed by atoms with van der Waals surface area (Å²) in [6.45, 7) is 5.29. The number of nitrogens with two attached hydrogens (primary N) is 1. The van der Waals surface area contributed by atoms with Gasteiger partial charge in [0.2, 0.25) is 21.8 Å². The first-order valence-corrected chi connectivity index (χ1v) is 15.5. The van der Waals surface area contributed by atoms with Gasteiger partial charge in [0, 0.05) is 29.6 Å². The number of carbonyl (C=O) groups is 2. The number of pyridine rings is 1. The maximum atomic E-state index is 13.8. The molecule has 4 atom stereocenters. The lowest BCUT2D eigenvalue weighted by Crippen LogP contribution is -2.55. The Kier molecular flexibility index (Phi) is 9.22. The van der Waals surface area contributed by atoms with Gasteiger partial charge in [0.05, 0.1) is 17.9 Å². The van der Waals surface area contributed by atoms with Gasteiger partial charge in [0.25, 0.3) is 0 Å². The molecule has 41 heavy (non-hydrogen) atoms. The second-order valence-electron chi connectivity index (χ2n) is 11.0. The van der Waals surface area contributed by atoms with Crippen LogP contribution in [0.3, 0.4) is 0 Å². The lowest BCUT2D eigenvalue weighted by Gasteiger charge is -2.31. The van der Waals surface area contributed by atoms with Gasteiger partial charge in [-0.1, -0.05) is 56.1 Å². The molecule has 4 rings (SSSR count). The highest BCUT2D eigenvalue weighted by Crippen LogP contribution is 2.29. The third kappa shape index (κ3) is 7.53. The smallest absolute Gasteiger partial charge is 0.243 e. The van der Waals surface area contributed by atoms with Crippen LogP contribution in [-0.4, -0.2) is 59.5 Å². The van der Waals surface area contributed by atoms with Gasteiger partial charge >= 0.3 is 0 Å². The molecule has 3 aromatic rings. The number of halogens is 1. The van der Waals surface area contributed by atoms with E-state index in [4.69, 9.17) is 17.3 Å². The van der Waals surface area contributed by atoms with Crippen molar-refractivity contribution in [2.24, 2.45) is 5.92 Å². The van der Waals surface area contributed by atoms with E-state index in [0.29, 0.717) is 22.8 Å². The van der Waals surface area contributed by atoms with Crippen LogP contribution < -0.4 is 15.8 Å². The normalized spacial score (nSPS) is 20.6. The van der Waals surface area contributed by atoms with Crippen molar-refractivity contribution < 1.29 is 23.1 Å². The van der Waals surface area contributed by atoms with E-state index >= 15 is 0 Å². The number of aliphatic hydroxyl groups is 1. The highest BCUT2D eigenvalue weighted by atomic mass is 35.5. The Morgan fingerprint density at radius 2 is 1.88 bits per heavy atom. The summed E-state index contributed by atoms with van der Waals surface area (Å²) >= 11 is 5.91. The van der Waals surface area contributed by atoms with Crippen molar-refractivity contribution in [2.75, 3.05) is 12.3 Å². The van der Waals surface area contributed by atoms with Gasteiger partial charge in [-0.2, -0.15) is 0 Å². The quantitative estimate of drug-likeness (QED) is 0.278. The number of nitrogen functional groups attached to an aromatic ring is 1. The van der Waals surface area contributed by atoms with E-state index in [1.54, 1.807) is 44.3 Å². The van der Waals surface area contributed by atoms with E-state index < -0.39 is 39.5 Å². The molecular formula is C29H36ClN5O5S. The summed E-state index contributed by atoms with van der Waals surface area (Å²) in [5.74, 6) is -1.26. The standard InChI is InChI=1S/C29H36ClN5O5S/c1-4-18(2)25(34-41(39,40)16-19-5-8-22(30)9-6-19)28(37)35-17-29(3,38)14-24(35)27(36)33-15-20-7-10-23-21(13-20)11-12-32-26(23)31/h5-13,18,24-25,34,38H,4,14-17H2,1-3H3,(H2,31,32)(H,33,36)/t18-,24+,25-,29+/m1/s1. The van der Waals surface area contributed by atoms with Crippen molar-refractivity contribution in [1.82, 2.24) is 19.9 Å². The van der Waals surface area contributed by atoms with Gasteiger partial charge in [-0.3, -0.25) is 9.59 Å². The molecule has 1 saturated heterocycles. The van der Waals surface area contributed by atoms with E-state index in [9.17, 15) is 23.1 Å². The molecule has 1 aliphatic rings. The molecule has 1 fully saturated rings. The van der Waals surface area contributed by atoms with Crippen molar-refractivity contribution in [3.63, 3.8) is 0 Å². The Morgan fingerprint density at radius 1 is 1.20 bits per heavy atom. The summed E-state index contributed by atoms with van der Waals surface area (Å²) < 4.78 is 28.8. The lowest BCUT2D eigenvalue weighted by atomic mass is 9.98. The van der Waals surface area contributed by atoms with Gasteiger partial charge in [-0.25, -0.2) is 18.1 Å². The summed E-state index contributed by atoms with van der Waals surface area (Å²) in [4.78, 5) is 32.6. The number of sulfonamides is 1. The van der Waals surface area contributed by atoms with Crippen molar-refractivity contribution in [3.05, 3.63) is 70.9 Å². The zero-order valence-corrected chi connectivity index (χ0v) is 24.9. The molecule has 2 aromatic carbocycles. The van der Waals surface area contributed by atoms with E-state index in [2.05, 4.69) is 15.0 Å². The van der Waals surface area contributed by atoms with Crippen LogP contribution in [0.15, 0.2) is 54.7 Å². The molecule has 10 nitrogen and oxygen atoms in total. The second kappa shape index (κ2) is 12.3. The number of carbonyl (C=O) groups excluding carboxylic acids is 2. The highest BCUT2D eigenvalue weighted by Gasteiger charge is 2.47. The van der Waals surface area contributed by atoms with Gasteiger partial charge in [-0.05, 0) is 53.6 Å². The fourth-order valence-corrected chi connectivity index (χ4v) is 6.62. The van der Waals surface area contributed by atoms with E-state index in [1.165, 1.54) is 4.90 Å². The van der Waals surface area contributed by atoms with Gasteiger partial charge in [0.1, 0.15) is 17.9 Å². The highest BCUT2D eigenvalue weighted by molar-refractivity contribution is 7.88. The number of rotatable bonds is 10. The molecule has 2 amide bonds. The summed E-state index contributed by atoms with van der Waals surface area (Å²) in [5.41, 5.74) is 5.96. The Balaban J connectivity index is 1.50. The van der Waals surface area contributed by atoms with E-state index in [-0.39, 0.29) is 31.2 Å². The largest absolute Gasteiger partial charge is 0.388 e. The minimum atomic E-state index is -3.93. The third-order valence-corrected chi connectivity index (χ3v) is 9.07. The maximum Gasteiger partial charge on any atom is 0.243 e. The minimum Gasteiger partial charge on any atom is -0.388 e. The Bertz CT molecular complexity index is 1530. The van der Waals surface area contributed by atoms with Crippen LogP contribution in [0.4, 0.5) is 5.82 Å². The molecule has 0 unspecified atom stereocenters. The van der Waals surface area contributed by atoms with Crippen LogP contribution >= 0.6 is 11.6 Å². The van der Waals surface area contributed by atoms with Crippen LogP contribution in [0.2, 0.25) is 5.02 Å². The number of benzene rings is 2. The average molecular weight is 602 g/mol. The number of hydrogen-bond acceptors (Lipinski definition) is 7. The number of anilines is 1. The fourth-order valence-electron chi connectivity index (χ4n) is 5.06. The van der Waals surface area contributed by atoms with Gasteiger partial charge in [-0.15, -0.1) is 0 Å². The topological polar surface area (TPSA) is 155 Å². The maximum absolute atomic E-state index is 13.8. The Hall–Kier alpha value is -3.25. The first kappa shape index (κ1) is 30.7. The van der Waals surface area contributed by atoms with Crippen LogP contribution in [0.25, 0.3) is 10.8 Å². The third-order valence-electron chi connectivity index (χ3n) is 7.49. The fraction of sp³-hybridized carbons (Fsp3) is 0.414. The zero-order valence-electron chi connectivity index (χ0n) is 23.3. The summed E-state index contributed by atoms with van der Waals surface area (Å²) in [6, 6.07) is 11.7. The number of likely N-dealkylation sites (tertiary alicyclic amines) is 1. The number of amides is 2. The first-order valence-electron chi connectivity index (χ1n) is 13.5. The lowest BCUT2D eigenvalue weighted by molar-refractivity contribution is -0.140. The number of nitrogens with zero attached hydrogens (tertiary/aromatic N) is 2. The van der Waals surface area contributed by atoms with Crippen molar-refractivity contribution in [1.29, 1.82) is 0 Å². The van der Waals surface area contributed by atoms with Crippen LogP contribution in [0.1, 0.15) is 44.7 Å². The van der Waals surface area contributed by atoms with Crippen LogP contribution in [0.5, 0.6) is 0 Å². The monoisotopic (exact) mass is 601 g/mol. The molecule has 0 bridgehead atoms. The van der Waals surface area contributed by atoms with Gasteiger partial charge in [0.15, 0.2) is 0 Å². The molecule has 5 N–H and O–H groups in total. The minimum absolute atomic E-state index is 0.0231. The average Bonchev–Trinajstić information content (AvgIpc) is 3.26. The van der Waals surface area contributed by atoms with Gasteiger partial charge < -0.3 is 21.1 Å². The zero-order chi connectivity index (χ0) is 29.9. The van der Waals surface area contributed by atoms with Crippen molar-refractivity contribution in [2.45, 2.75) is 63.6 Å². The Labute approximate surface area is 245 Å². The number of hydrogen-bond donors (Lipinski definition) is 4. The van der Waals surface area contributed by atoms with Crippen LogP contribution in [-0.2, 0) is 31.9 Å². The molecule has 1 aliphatic heterocycles. The first-order chi connectivity index (χ1) is 19.3. The Morgan fingerprint density at radius 3 is 2.56 bits per heavy atom. The van der Waals surface area contributed by atoms with E-state index in [1.807, 2.05) is 31.2 Å². The summed E-state index contributed by atoms with van der Waals surface area (Å²) in [5, 5.41) is 15.9. The molecule has 0 radical (unpaired) electrons. The van der Waals surface area contributed by atoms with Crippen molar-refractivity contribution >= 4 is 50.0 Å². The molecule has 220 valence electrons. The van der Waals surface area contributed by atoms with E-state index in [0.717, 1.165) is 16.3 Å². The molecule has 0 saturated carbocycles. The van der Waals surface area contributed by atoms with Crippen LogP contribution in [0, 0.1) is 5.92 Å². The number of fused-ring (bicyclic) bond motifs is 1. The second-order valence-corrected chi connectivity index (χ2v) is 13.2. The number of nitrogens with one attached hydrogen (secondary N) is 2. The molecule has 0 aliphatic carbocycles. The van der Waals surface area contributed by atoms with Crippen molar-refractivity contribution in [3.8, 4) is 0 Å². The molecule has 1 aromatic heterocycles. The summed E-state index contributed by atoms with van der Waals surface area (Å²) in [7, 11) is -3.93. The molecular weight excluding hydrogens is 566 g/mol.